The molecular weight excluding hydrogens is 212 g/mol. The van der Waals surface area contributed by atoms with Crippen LogP contribution in [0.5, 0.6) is 0 Å². The van der Waals surface area contributed by atoms with Gasteiger partial charge in [-0.25, -0.2) is 0 Å². The molecule has 1 aliphatic heterocycles. The molecule has 2 unspecified atom stereocenters. The number of pyridine rings is 1. The molecule has 17 heavy (non-hydrogen) atoms. The largest absolute Gasteiger partial charge is 0.335 e. The van der Waals surface area contributed by atoms with Crippen LogP contribution < -0.4 is 0 Å². The molecule has 1 saturated carbocycles. The monoisotopic (exact) mass is 230 g/mol. The maximum Gasteiger partial charge on any atom is 0.255 e. The maximum absolute atomic E-state index is 12.4. The minimum Gasteiger partial charge on any atom is -0.335 e. The highest BCUT2D eigenvalue weighted by molar-refractivity contribution is 5.94. The first-order valence-electron chi connectivity index (χ1n) is 6.57. The van der Waals surface area contributed by atoms with Gasteiger partial charge in [0.05, 0.1) is 5.56 Å². The molecule has 2 fully saturated rings. The van der Waals surface area contributed by atoms with E-state index < -0.39 is 0 Å². The van der Waals surface area contributed by atoms with Crippen molar-refractivity contribution in [2.45, 2.75) is 38.1 Å². The number of fused-ring (bicyclic) bond motifs is 1. The van der Waals surface area contributed by atoms with Crippen LogP contribution in [0.2, 0.25) is 0 Å². The Morgan fingerprint density at radius 2 is 2.18 bits per heavy atom. The number of hydrogen-bond donors (Lipinski definition) is 0. The Hall–Kier alpha value is -1.38. The minimum atomic E-state index is 0.176. The Balaban J connectivity index is 1.81. The summed E-state index contributed by atoms with van der Waals surface area (Å²) < 4.78 is 0. The topological polar surface area (TPSA) is 33.2 Å². The number of carbonyl (C=O) groups is 1. The fraction of sp³-hybridized carbons (Fsp3) is 0.571. The van der Waals surface area contributed by atoms with E-state index in [9.17, 15) is 4.79 Å². The number of amides is 1. The molecule has 2 heterocycles. The zero-order valence-corrected chi connectivity index (χ0v) is 10.0. The van der Waals surface area contributed by atoms with Crippen LogP contribution in [0.3, 0.4) is 0 Å². The molecule has 0 N–H and O–H groups in total. The molecule has 0 bridgehead atoms. The van der Waals surface area contributed by atoms with Gasteiger partial charge in [0.1, 0.15) is 0 Å². The number of piperidine rings is 1. The van der Waals surface area contributed by atoms with E-state index in [4.69, 9.17) is 0 Å². The second kappa shape index (κ2) is 4.47. The van der Waals surface area contributed by atoms with Gasteiger partial charge in [0.15, 0.2) is 0 Å². The van der Waals surface area contributed by atoms with Crippen molar-refractivity contribution in [3.8, 4) is 0 Å². The molecule has 3 heteroatoms. The summed E-state index contributed by atoms with van der Waals surface area (Å²) in [5.74, 6) is 0.930. The SMILES string of the molecule is O=C(c1cccnc1)N1CCCC2CCCC21. The summed E-state index contributed by atoms with van der Waals surface area (Å²) in [4.78, 5) is 18.6. The lowest BCUT2D eigenvalue weighted by molar-refractivity contribution is 0.0548. The van der Waals surface area contributed by atoms with Crippen molar-refractivity contribution >= 4 is 5.91 Å². The van der Waals surface area contributed by atoms with E-state index in [1.54, 1.807) is 12.4 Å². The second-order valence-electron chi connectivity index (χ2n) is 5.14. The summed E-state index contributed by atoms with van der Waals surface area (Å²) >= 11 is 0. The van der Waals surface area contributed by atoms with Gasteiger partial charge in [-0.15, -0.1) is 0 Å². The fourth-order valence-corrected chi connectivity index (χ4v) is 3.36. The molecule has 0 spiro atoms. The molecule has 3 nitrogen and oxygen atoms in total. The van der Waals surface area contributed by atoms with Gasteiger partial charge in [-0.05, 0) is 43.7 Å². The van der Waals surface area contributed by atoms with Gasteiger partial charge >= 0.3 is 0 Å². The quantitative estimate of drug-likeness (QED) is 0.742. The molecular formula is C14H18N2O. The number of carbonyl (C=O) groups excluding carboxylic acids is 1. The van der Waals surface area contributed by atoms with E-state index in [1.165, 1.54) is 25.7 Å². The molecule has 1 aromatic heterocycles. The van der Waals surface area contributed by atoms with Gasteiger partial charge < -0.3 is 4.90 Å². The second-order valence-corrected chi connectivity index (χ2v) is 5.14. The summed E-state index contributed by atoms with van der Waals surface area (Å²) in [6.45, 7) is 0.925. The first-order valence-corrected chi connectivity index (χ1v) is 6.57. The molecule has 2 atom stereocenters. The van der Waals surface area contributed by atoms with Gasteiger partial charge in [0.2, 0.25) is 0 Å². The predicted octanol–water partition coefficient (Wildman–Crippen LogP) is 2.49. The van der Waals surface area contributed by atoms with Gasteiger partial charge in [-0.3, -0.25) is 9.78 Å². The van der Waals surface area contributed by atoms with Crippen molar-refractivity contribution in [3.05, 3.63) is 30.1 Å². The van der Waals surface area contributed by atoms with Crippen LogP contribution in [-0.4, -0.2) is 28.4 Å². The molecule has 3 rings (SSSR count). The third-order valence-electron chi connectivity index (χ3n) is 4.16. The van der Waals surface area contributed by atoms with Gasteiger partial charge in [-0.1, -0.05) is 6.42 Å². The normalized spacial score (nSPS) is 27.9. The number of hydrogen-bond acceptors (Lipinski definition) is 2. The third-order valence-corrected chi connectivity index (χ3v) is 4.16. The Morgan fingerprint density at radius 1 is 1.29 bits per heavy atom. The highest BCUT2D eigenvalue weighted by atomic mass is 16.2. The molecule has 1 aromatic rings. The number of likely N-dealkylation sites (tertiary alicyclic amines) is 1. The van der Waals surface area contributed by atoms with Crippen LogP contribution in [0.25, 0.3) is 0 Å². The van der Waals surface area contributed by atoms with Gasteiger partial charge in [-0.2, -0.15) is 0 Å². The van der Waals surface area contributed by atoms with Crippen molar-refractivity contribution in [1.29, 1.82) is 0 Å². The highest BCUT2D eigenvalue weighted by Crippen LogP contribution is 2.37. The average molecular weight is 230 g/mol. The smallest absolute Gasteiger partial charge is 0.255 e. The molecule has 2 aliphatic rings. The Morgan fingerprint density at radius 3 is 3.00 bits per heavy atom. The Labute approximate surface area is 102 Å². The average Bonchev–Trinajstić information content (AvgIpc) is 2.87. The van der Waals surface area contributed by atoms with Crippen LogP contribution in [-0.2, 0) is 0 Å². The van der Waals surface area contributed by atoms with E-state index in [1.807, 2.05) is 12.1 Å². The van der Waals surface area contributed by atoms with E-state index >= 15 is 0 Å². The van der Waals surface area contributed by atoms with Crippen LogP contribution >= 0.6 is 0 Å². The number of rotatable bonds is 1. The molecule has 0 aromatic carbocycles. The lowest BCUT2D eigenvalue weighted by atomic mass is 9.91. The number of nitrogens with zero attached hydrogens (tertiary/aromatic N) is 2. The summed E-state index contributed by atoms with van der Waals surface area (Å²) in [7, 11) is 0. The third kappa shape index (κ3) is 1.94. The minimum absolute atomic E-state index is 0.176. The van der Waals surface area contributed by atoms with Crippen LogP contribution in [0.1, 0.15) is 42.5 Å². The summed E-state index contributed by atoms with van der Waals surface area (Å²) in [6.07, 6.45) is 9.64. The molecule has 1 saturated heterocycles. The predicted molar refractivity (Wildman–Crippen MR) is 65.6 cm³/mol. The van der Waals surface area contributed by atoms with Crippen molar-refractivity contribution in [2.75, 3.05) is 6.54 Å². The van der Waals surface area contributed by atoms with Crippen LogP contribution in [0.4, 0.5) is 0 Å². The zero-order chi connectivity index (χ0) is 11.7. The van der Waals surface area contributed by atoms with Crippen molar-refractivity contribution < 1.29 is 4.79 Å². The van der Waals surface area contributed by atoms with Crippen molar-refractivity contribution in [2.24, 2.45) is 5.92 Å². The lowest BCUT2D eigenvalue weighted by Gasteiger charge is -2.37. The van der Waals surface area contributed by atoms with Gasteiger partial charge in [0.25, 0.3) is 5.91 Å². The van der Waals surface area contributed by atoms with Crippen LogP contribution in [0, 0.1) is 5.92 Å². The van der Waals surface area contributed by atoms with Crippen molar-refractivity contribution in [3.63, 3.8) is 0 Å². The highest BCUT2D eigenvalue weighted by Gasteiger charge is 2.37. The van der Waals surface area contributed by atoms with Crippen molar-refractivity contribution in [1.82, 2.24) is 9.88 Å². The Bertz CT molecular complexity index is 404. The summed E-state index contributed by atoms with van der Waals surface area (Å²) in [6, 6.07) is 4.20. The first kappa shape index (κ1) is 10.8. The summed E-state index contributed by atoms with van der Waals surface area (Å²) in [5, 5.41) is 0. The summed E-state index contributed by atoms with van der Waals surface area (Å²) in [5.41, 5.74) is 0.736. The molecule has 1 aliphatic carbocycles. The zero-order valence-electron chi connectivity index (χ0n) is 10.0. The molecule has 0 radical (unpaired) electrons. The fourth-order valence-electron chi connectivity index (χ4n) is 3.36. The van der Waals surface area contributed by atoms with E-state index in [0.29, 0.717) is 6.04 Å². The van der Waals surface area contributed by atoms with E-state index in [0.717, 1.165) is 24.4 Å². The van der Waals surface area contributed by atoms with Crippen LogP contribution in [0.15, 0.2) is 24.5 Å². The molecule has 1 amide bonds. The Kier molecular flexibility index (Phi) is 2.83. The lowest BCUT2D eigenvalue weighted by Crippen LogP contribution is -2.46. The standard InChI is InChI=1S/C14H18N2O/c17-14(12-5-2-8-15-10-12)16-9-3-6-11-4-1-7-13(11)16/h2,5,8,10-11,13H,1,3-4,6-7,9H2. The van der Waals surface area contributed by atoms with E-state index in [-0.39, 0.29) is 5.91 Å². The maximum atomic E-state index is 12.4. The first-order chi connectivity index (χ1) is 8.36. The molecule has 90 valence electrons. The number of aromatic nitrogens is 1. The van der Waals surface area contributed by atoms with Gasteiger partial charge in [0, 0.05) is 25.0 Å². The van der Waals surface area contributed by atoms with E-state index in [2.05, 4.69) is 9.88 Å².